The van der Waals surface area contributed by atoms with Crippen LogP contribution in [0.25, 0.3) is 5.69 Å². The zero-order valence-electron chi connectivity index (χ0n) is 8.94. The number of nitrogens with two attached hydrogens (primary N) is 1. The maximum atomic E-state index is 12.8. The summed E-state index contributed by atoms with van der Waals surface area (Å²) in [6, 6.07) is 3.41. The van der Waals surface area contributed by atoms with Gasteiger partial charge in [-0.05, 0) is 18.2 Å². The number of rotatable bonds is 2. The van der Waals surface area contributed by atoms with Crippen molar-refractivity contribution < 1.29 is 13.2 Å². The third-order valence-electron chi connectivity index (χ3n) is 2.28. The summed E-state index contributed by atoms with van der Waals surface area (Å²) in [7, 11) is 0. The Labute approximate surface area is 99.6 Å². The minimum Gasteiger partial charge on any atom is -0.384 e. The first-order valence-corrected chi connectivity index (χ1v) is 4.80. The second kappa shape index (κ2) is 4.13. The van der Waals surface area contributed by atoms with Gasteiger partial charge >= 0.3 is 6.18 Å². The van der Waals surface area contributed by atoms with Gasteiger partial charge in [0.1, 0.15) is 18.5 Å². The van der Waals surface area contributed by atoms with Crippen LogP contribution in [0.15, 0.2) is 30.9 Å². The van der Waals surface area contributed by atoms with E-state index >= 15 is 0 Å². The summed E-state index contributed by atoms with van der Waals surface area (Å²) in [5.41, 5.74) is 4.00. The van der Waals surface area contributed by atoms with Crippen LogP contribution in [0.2, 0.25) is 0 Å². The molecule has 0 atom stereocenters. The summed E-state index contributed by atoms with van der Waals surface area (Å²) in [6.07, 6.45) is -2.09. The first-order valence-electron chi connectivity index (χ1n) is 4.80. The van der Waals surface area contributed by atoms with E-state index in [2.05, 4.69) is 10.1 Å². The van der Waals surface area contributed by atoms with Gasteiger partial charge in [0.2, 0.25) is 0 Å². The molecule has 2 rings (SSSR count). The SMILES string of the molecule is N=C(N)c1ccc(-n2cncn2)cc1C(F)(F)F. The Morgan fingerprint density at radius 2 is 2.06 bits per heavy atom. The van der Waals surface area contributed by atoms with E-state index in [4.69, 9.17) is 11.1 Å². The topological polar surface area (TPSA) is 80.6 Å². The summed E-state index contributed by atoms with van der Waals surface area (Å²) in [4.78, 5) is 3.65. The molecule has 8 heteroatoms. The predicted molar refractivity (Wildman–Crippen MR) is 57.4 cm³/mol. The van der Waals surface area contributed by atoms with Crippen molar-refractivity contribution in [2.45, 2.75) is 6.18 Å². The number of amidine groups is 1. The second-order valence-electron chi connectivity index (χ2n) is 3.48. The van der Waals surface area contributed by atoms with Gasteiger partial charge in [-0.3, -0.25) is 5.41 Å². The molecule has 0 bridgehead atoms. The Hall–Kier alpha value is -2.38. The normalized spacial score (nSPS) is 11.5. The average molecular weight is 255 g/mol. The smallest absolute Gasteiger partial charge is 0.384 e. The number of hydrogen-bond acceptors (Lipinski definition) is 3. The summed E-state index contributed by atoms with van der Waals surface area (Å²) in [5.74, 6) is -0.632. The van der Waals surface area contributed by atoms with E-state index in [9.17, 15) is 13.2 Å². The molecule has 1 aromatic heterocycles. The van der Waals surface area contributed by atoms with Gasteiger partial charge in [0.05, 0.1) is 11.3 Å². The Balaban J connectivity index is 2.60. The summed E-state index contributed by atoms with van der Waals surface area (Å²) in [5, 5.41) is 10.9. The fraction of sp³-hybridized carbons (Fsp3) is 0.100. The van der Waals surface area contributed by atoms with Crippen LogP contribution in [-0.4, -0.2) is 20.6 Å². The lowest BCUT2D eigenvalue weighted by molar-refractivity contribution is -0.137. The van der Waals surface area contributed by atoms with E-state index in [1.54, 1.807) is 0 Å². The maximum Gasteiger partial charge on any atom is 0.417 e. The third kappa shape index (κ3) is 2.17. The minimum absolute atomic E-state index is 0.199. The van der Waals surface area contributed by atoms with Crippen LogP contribution in [0, 0.1) is 5.41 Å². The highest BCUT2D eigenvalue weighted by Gasteiger charge is 2.34. The highest BCUT2D eigenvalue weighted by atomic mass is 19.4. The molecule has 18 heavy (non-hydrogen) atoms. The quantitative estimate of drug-likeness (QED) is 0.631. The number of halogens is 3. The van der Waals surface area contributed by atoms with Crippen molar-refractivity contribution in [2.24, 2.45) is 5.73 Å². The molecule has 0 saturated heterocycles. The molecule has 0 amide bonds. The molecule has 2 aromatic rings. The zero-order chi connectivity index (χ0) is 13.3. The molecular weight excluding hydrogens is 247 g/mol. The molecule has 0 unspecified atom stereocenters. The standard InChI is InChI=1S/C10H8F3N5/c11-10(12,13)8-3-6(18-5-16-4-17-18)1-2-7(8)9(14)15/h1-5H,(H3,14,15). The predicted octanol–water partition coefficient (Wildman–Crippen LogP) is 1.57. The molecule has 0 radical (unpaired) electrons. The lowest BCUT2D eigenvalue weighted by Crippen LogP contribution is -2.19. The molecule has 0 spiro atoms. The van der Waals surface area contributed by atoms with Crippen LogP contribution in [0.4, 0.5) is 13.2 Å². The molecule has 94 valence electrons. The monoisotopic (exact) mass is 255 g/mol. The second-order valence-corrected chi connectivity index (χ2v) is 3.48. The van der Waals surface area contributed by atoms with Crippen molar-refractivity contribution in [2.75, 3.05) is 0 Å². The molecule has 1 aromatic carbocycles. The van der Waals surface area contributed by atoms with Crippen LogP contribution in [0.3, 0.4) is 0 Å². The number of hydrogen-bond donors (Lipinski definition) is 2. The van der Waals surface area contributed by atoms with Crippen molar-refractivity contribution in [3.8, 4) is 5.69 Å². The van der Waals surface area contributed by atoms with Crippen molar-refractivity contribution in [1.29, 1.82) is 5.41 Å². The van der Waals surface area contributed by atoms with Gasteiger partial charge in [-0.25, -0.2) is 9.67 Å². The van der Waals surface area contributed by atoms with Crippen molar-refractivity contribution in [1.82, 2.24) is 14.8 Å². The summed E-state index contributed by atoms with van der Waals surface area (Å²) < 4.78 is 39.7. The van der Waals surface area contributed by atoms with Gasteiger partial charge in [-0.2, -0.15) is 18.3 Å². The number of aromatic nitrogens is 3. The molecule has 0 aliphatic rings. The lowest BCUT2D eigenvalue weighted by Gasteiger charge is -2.13. The summed E-state index contributed by atoms with van der Waals surface area (Å²) in [6.45, 7) is 0. The van der Waals surface area contributed by atoms with Crippen LogP contribution < -0.4 is 5.73 Å². The largest absolute Gasteiger partial charge is 0.417 e. The lowest BCUT2D eigenvalue weighted by atomic mass is 10.1. The number of nitrogens with zero attached hydrogens (tertiary/aromatic N) is 3. The van der Waals surface area contributed by atoms with E-state index in [1.165, 1.54) is 23.4 Å². The van der Waals surface area contributed by atoms with E-state index in [0.29, 0.717) is 0 Å². The molecule has 1 heterocycles. The van der Waals surface area contributed by atoms with Crippen LogP contribution in [-0.2, 0) is 6.18 Å². The van der Waals surface area contributed by atoms with E-state index in [0.717, 1.165) is 12.1 Å². The first-order chi connectivity index (χ1) is 8.39. The Morgan fingerprint density at radius 1 is 1.33 bits per heavy atom. The molecule has 3 N–H and O–H groups in total. The molecule has 5 nitrogen and oxygen atoms in total. The highest BCUT2D eigenvalue weighted by Crippen LogP contribution is 2.33. The molecular formula is C10H8F3N5. The fourth-order valence-corrected chi connectivity index (χ4v) is 1.49. The molecule has 0 saturated carbocycles. The van der Waals surface area contributed by atoms with Gasteiger partial charge in [-0.15, -0.1) is 0 Å². The average Bonchev–Trinajstić information content (AvgIpc) is 2.80. The van der Waals surface area contributed by atoms with E-state index < -0.39 is 17.6 Å². The fourth-order valence-electron chi connectivity index (χ4n) is 1.49. The molecule has 0 aliphatic heterocycles. The minimum atomic E-state index is -4.59. The molecule has 0 aliphatic carbocycles. The van der Waals surface area contributed by atoms with Crippen LogP contribution in [0.1, 0.15) is 11.1 Å². The number of nitrogen functional groups attached to an aromatic ring is 1. The van der Waals surface area contributed by atoms with Crippen LogP contribution >= 0.6 is 0 Å². The van der Waals surface area contributed by atoms with Gasteiger partial charge in [0, 0.05) is 5.56 Å². The van der Waals surface area contributed by atoms with Crippen molar-refractivity contribution in [3.05, 3.63) is 42.0 Å². The number of alkyl halides is 3. The Morgan fingerprint density at radius 3 is 2.56 bits per heavy atom. The number of nitrogens with one attached hydrogen (secondary N) is 1. The Bertz CT molecular complexity index is 574. The van der Waals surface area contributed by atoms with E-state index in [-0.39, 0.29) is 11.3 Å². The van der Waals surface area contributed by atoms with Gasteiger partial charge in [0.25, 0.3) is 0 Å². The van der Waals surface area contributed by atoms with Gasteiger partial charge in [0.15, 0.2) is 0 Å². The molecule has 0 fully saturated rings. The zero-order valence-corrected chi connectivity index (χ0v) is 8.94. The van der Waals surface area contributed by atoms with Crippen molar-refractivity contribution >= 4 is 5.84 Å². The number of benzene rings is 1. The highest BCUT2D eigenvalue weighted by molar-refractivity contribution is 5.96. The third-order valence-corrected chi connectivity index (χ3v) is 2.28. The van der Waals surface area contributed by atoms with Gasteiger partial charge in [-0.1, -0.05) is 0 Å². The van der Waals surface area contributed by atoms with E-state index in [1.807, 2.05) is 0 Å². The van der Waals surface area contributed by atoms with Crippen molar-refractivity contribution in [3.63, 3.8) is 0 Å². The Kier molecular flexibility index (Phi) is 2.77. The maximum absolute atomic E-state index is 12.8. The van der Waals surface area contributed by atoms with Gasteiger partial charge < -0.3 is 5.73 Å². The van der Waals surface area contributed by atoms with Crippen LogP contribution in [0.5, 0.6) is 0 Å². The first kappa shape index (κ1) is 12.1. The summed E-state index contributed by atoms with van der Waals surface area (Å²) >= 11 is 0.